The van der Waals surface area contributed by atoms with Crippen LogP contribution in [0.3, 0.4) is 0 Å². The van der Waals surface area contributed by atoms with Gasteiger partial charge in [-0.2, -0.15) is 4.31 Å². The van der Waals surface area contributed by atoms with Gasteiger partial charge in [-0.3, -0.25) is 13.9 Å². The summed E-state index contributed by atoms with van der Waals surface area (Å²) in [6.45, 7) is 4.47. The highest BCUT2D eigenvalue weighted by Gasteiger charge is 2.28. The largest absolute Gasteiger partial charge is 0.329 e. The van der Waals surface area contributed by atoms with Crippen LogP contribution in [0.2, 0.25) is 0 Å². The molecular weight excluding hydrogens is 418 g/mol. The summed E-state index contributed by atoms with van der Waals surface area (Å²) in [6.07, 6.45) is 3.23. The van der Waals surface area contributed by atoms with Crippen LogP contribution in [-0.2, 0) is 21.4 Å². The van der Waals surface area contributed by atoms with Gasteiger partial charge in [0.05, 0.1) is 15.9 Å². The number of pyridine rings is 1. The van der Waals surface area contributed by atoms with Crippen LogP contribution in [-0.4, -0.2) is 45.8 Å². The van der Waals surface area contributed by atoms with Gasteiger partial charge in [-0.1, -0.05) is 6.07 Å². The zero-order valence-corrected chi connectivity index (χ0v) is 18.3. The zero-order valence-electron chi connectivity index (χ0n) is 17.5. The predicted molar refractivity (Wildman–Crippen MR) is 117 cm³/mol. The van der Waals surface area contributed by atoms with Crippen molar-refractivity contribution in [3.05, 3.63) is 53.1 Å². The predicted octanol–water partition coefficient (Wildman–Crippen LogP) is 2.20. The second-order valence-electron chi connectivity index (χ2n) is 7.86. The molecule has 0 saturated carbocycles. The molecule has 9 nitrogen and oxygen atoms in total. The van der Waals surface area contributed by atoms with E-state index in [2.05, 4.69) is 10.3 Å². The van der Waals surface area contributed by atoms with Gasteiger partial charge in [0.25, 0.3) is 0 Å². The molecule has 0 unspecified atom stereocenters. The lowest BCUT2D eigenvalue weighted by Crippen LogP contribution is -2.30. The minimum Gasteiger partial charge on any atom is -0.309 e. The fraction of sp³-hybridized carbons (Fsp3) is 0.381. The van der Waals surface area contributed by atoms with E-state index in [1.165, 1.54) is 21.0 Å². The Kier molecular flexibility index (Phi) is 5.67. The maximum Gasteiger partial charge on any atom is 0.329 e. The van der Waals surface area contributed by atoms with Crippen LogP contribution in [0.25, 0.3) is 11.0 Å². The molecule has 0 atom stereocenters. The van der Waals surface area contributed by atoms with Crippen LogP contribution in [0, 0.1) is 0 Å². The van der Waals surface area contributed by atoms with Gasteiger partial charge in [0.1, 0.15) is 12.4 Å². The molecule has 1 fully saturated rings. The Morgan fingerprint density at radius 3 is 2.52 bits per heavy atom. The van der Waals surface area contributed by atoms with Crippen molar-refractivity contribution in [3.63, 3.8) is 0 Å². The molecule has 1 amide bonds. The number of carbonyl (C=O) groups excluding carboxylic acids is 1. The van der Waals surface area contributed by atoms with Crippen molar-refractivity contribution in [2.24, 2.45) is 0 Å². The van der Waals surface area contributed by atoms with Crippen molar-refractivity contribution in [1.29, 1.82) is 0 Å². The highest BCUT2D eigenvalue weighted by Crippen LogP contribution is 2.25. The molecule has 0 spiro atoms. The molecule has 0 bridgehead atoms. The minimum atomic E-state index is -3.65. The number of amides is 1. The van der Waals surface area contributed by atoms with Gasteiger partial charge in [0.2, 0.25) is 15.9 Å². The molecule has 10 heteroatoms. The van der Waals surface area contributed by atoms with Crippen LogP contribution in [0.4, 0.5) is 5.82 Å². The summed E-state index contributed by atoms with van der Waals surface area (Å²) < 4.78 is 30.4. The standard InChI is InChI=1S/C21H25N5O4S/c1-15(2)26-17-9-8-16(31(29,30)24-11-5-6-12-24)13-18(17)25(21(26)28)14-20(27)23-19-7-3-4-10-22-19/h3-4,7-10,13,15H,5-6,11-12,14H2,1-2H3,(H,22,23,27). The molecule has 4 rings (SSSR count). The minimum absolute atomic E-state index is 0.127. The normalized spacial score (nSPS) is 15.1. The molecule has 1 N–H and O–H groups in total. The molecule has 0 radical (unpaired) electrons. The maximum absolute atomic E-state index is 13.1. The lowest BCUT2D eigenvalue weighted by atomic mass is 10.3. The first-order chi connectivity index (χ1) is 14.8. The second kappa shape index (κ2) is 8.27. The number of rotatable bonds is 6. The zero-order chi connectivity index (χ0) is 22.2. The van der Waals surface area contributed by atoms with Crippen molar-refractivity contribution in [2.75, 3.05) is 18.4 Å². The number of aromatic nitrogens is 3. The molecule has 31 heavy (non-hydrogen) atoms. The van der Waals surface area contributed by atoms with Crippen molar-refractivity contribution in [3.8, 4) is 0 Å². The SMILES string of the molecule is CC(C)n1c(=O)n(CC(=O)Nc2ccccn2)c2cc(S(=O)(=O)N3CCCC3)ccc21. The molecule has 164 valence electrons. The Hall–Kier alpha value is -2.98. The number of sulfonamides is 1. The average molecular weight is 444 g/mol. The maximum atomic E-state index is 13.1. The van der Waals surface area contributed by atoms with Crippen LogP contribution in [0.5, 0.6) is 0 Å². The van der Waals surface area contributed by atoms with Crippen molar-refractivity contribution in [2.45, 2.75) is 44.2 Å². The summed E-state index contributed by atoms with van der Waals surface area (Å²) in [5.74, 6) is -0.0399. The first-order valence-electron chi connectivity index (χ1n) is 10.2. The number of nitrogens with one attached hydrogen (secondary N) is 1. The van der Waals surface area contributed by atoms with E-state index in [1.54, 1.807) is 35.0 Å². The Bertz CT molecular complexity index is 1270. The van der Waals surface area contributed by atoms with Gasteiger partial charge in [-0.05, 0) is 57.0 Å². The Morgan fingerprint density at radius 1 is 1.13 bits per heavy atom. The van der Waals surface area contributed by atoms with Crippen molar-refractivity contribution >= 4 is 32.8 Å². The van der Waals surface area contributed by atoms with E-state index in [1.807, 2.05) is 13.8 Å². The molecular formula is C21H25N5O4S. The summed E-state index contributed by atoms with van der Waals surface area (Å²) in [6, 6.07) is 9.65. The summed E-state index contributed by atoms with van der Waals surface area (Å²) in [4.78, 5) is 29.9. The molecule has 2 aromatic heterocycles. The first-order valence-corrected chi connectivity index (χ1v) is 11.7. The number of anilines is 1. The molecule has 3 aromatic rings. The Morgan fingerprint density at radius 2 is 1.87 bits per heavy atom. The van der Waals surface area contributed by atoms with Gasteiger partial charge < -0.3 is 5.32 Å². The second-order valence-corrected chi connectivity index (χ2v) is 9.80. The molecule has 0 aliphatic carbocycles. The van der Waals surface area contributed by atoms with Gasteiger partial charge in [-0.15, -0.1) is 0 Å². The lowest BCUT2D eigenvalue weighted by Gasteiger charge is -2.15. The summed E-state index contributed by atoms with van der Waals surface area (Å²) >= 11 is 0. The molecule has 1 aliphatic rings. The lowest BCUT2D eigenvalue weighted by molar-refractivity contribution is -0.116. The van der Waals surface area contributed by atoms with Crippen LogP contribution in [0.1, 0.15) is 32.7 Å². The molecule has 3 heterocycles. The number of hydrogen-bond donors (Lipinski definition) is 1. The summed E-state index contributed by atoms with van der Waals surface area (Å²) in [7, 11) is -3.65. The highest BCUT2D eigenvalue weighted by atomic mass is 32.2. The van der Waals surface area contributed by atoms with Crippen LogP contribution < -0.4 is 11.0 Å². The molecule has 1 saturated heterocycles. The van der Waals surface area contributed by atoms with E-state index in [4.69, 9.17) is 0 Å². The molecule has 1 aromatic carbocycles. The van der Waals surface area contributed by atoms with Crippen molar-refractivity contribution in [1.82, 2.24) is 18.4 Å². The van der Waals surface area contributed by atoms with Gasteiger partial charge in [-0.25, -0.2) is 18.2 Å². The number of benzene rings is 1. The first kappa shape index (κ1) is 21.3. The van der Waals surface area contributed by atoms with E-state index in [9.17, 15) is 18.0 Å². The monoisotopic (exact) mass is 443 g/mol. The third-order valence-electron chi connectivity index (χ3n) is 5.39. The summed E-state index contributed by atoms with van der Waals surface area (Å²) in [5.41, 5.74) is 0.637. The van der Waals surface area contributed by atoms with Gasteiger partial charge >= 0.3 is 5.69 Å². The number of nitrogens with zero attached hydrogens (tertiary/aromatic N) is 4. The average Bonchev–Trinajstić information content (AvgIpc) is 3.36. The van der Waals surface area contributed by atoms with Crippen molar-refractivity contribution < 1.29 is 13.2 Å². The number of fused-ring (bicyclic) bond motifs is 1. The van der Waals surface area contributed by atoms with E-state index >= 15 is 0 Å². The smallest absolute Gasteiger partial charge is 0.309 e. The Labute approximate surface area is 180 Å². The third kappa shape index (κ3) is 4.00. The van der Waals surface area contributed by atoms with E-state index in [-0.39, 0.29) is 23.2 Å². The van der Waals surface area contributed by atoms with Crippen LogP contribution in [0.15, 0.2) is 52.3 Å². The quantitative estimate of drug-likeness (QED) is 0.629. The van der Waals surface area contributed by atoms with Gasteiger partial charge in [0.15, 0.2) is 0 Å². The number of imidazole rings is 1. The fourth-order valence-corrected chi connectivity index (χ4v) is 5.45. The summed E-state index contributed by atoms with van der Waals surface area (Å²) in [5, 5.41) is 2.66. The van der Waals surface area contributed by atoms with E-state index < -0.39 is 15.9 Å². The Balaban J connectivity index is 1.77. The third-order valence-corrected chi connectivity index (χ3v) is 7.28. The number of carbonyl (C=O) groups is 1. The topological polar surface area (TPSA) is 106 Å². The highest BCUT2D eigenvalue weighted by molar-refractivity contribution is 7.89. The molecule has 1 aliphatic heterocycles. The van der Waals surface area contributed by atoms with E-state index in [0.717, 1.165) is 12.8 Å². The fourth-order valence-electron chi connectivity index (χ4n) is 3.91. The van der Waals surface area contributed by atoms with Gasteiger partial charge in [0, 0.05) is 25.3 Å². The number of hydrogen-bond acceptors (Lipinski definition) is 5. The van der Waals surface area contributed by atoms with Crippen LogP contribution >= 0.6 is 0 Å². The van der Waals surface area contributed by atoms with E-state index in [0.29, 0.717) is 29.9 Å².